The molecule has 0 fully saturated rings. The molecule has 1 aromatic heterocycles. The maximum Gasteiger partial charge on any atom is 0.241 e. The van der Waals surface area contributed by atoms with Gasteiger partial charge in [-0.25, -0.2) is 29.0 Å². The Morgan fingerprint density at radius 3 is 1.23 bits per heavy atom. The van der Waals surface area contributed by atoms with Gasteiger partial charge in [0.1, 0.15) is 8.00 Å². The molecule has 0 aliphatic carbocycles. The second-order valence-electron chi connectivity index (χ2n) is 12.2. The van der Waals surface area contributed by atoms with Crippen molar-refractivity contribution in [2.75, 3.05) is 17.2 Å². The van der Waals surface area contributed by atoms with Crippen molar-refractivity contribution in [2.45, 2.75) is 25.9 Å². The van der Waals surface area contributed by atoms with Crippen molar-refractivity contribution in [3.05, 3.63) is 145 Å². The zero-order valence-electron chi connectivity index (χ0n) is 27.1. The highest BCUT2D eigenvalue weighted by Crippen LogP contribution is 2.49. The van der Waals surface area contributed by atoms with Crippen molar-refractivity contribution in [1.82, 2.24) is 7.47 Å². The van der Waals surface area contributed by atoms with Crippen LogP contribution in [0.25, 0.3) is 43.4 Å². The van der Waals surface area contributed by atoms with E-state index in [1.165, 1.54) is 20.0 Å². The third kappa shape index (κ3) is 5.51. The second-order valence-corrected chi connectivity index (χ2v) is 18.2. The van der Waals surface area contributed by atoms with Gasteiger partial charge in [-0.3, -0.25) is 0 Å². The maximum atomic E-state index is 14.5. The van der Waals surface area contributed by atoms with Crippen molar-refractivity contribution >= 4 is 71.4 Å². The van der Waals surface area contributed by atoms with Crippen molar-refractivity contribution in [2.24, 2.45) is 0 Å². The minimum Gasteiger partial charge on any atom is -0.218 e. The van der Waals surface area contributed by atoms with Gasteiger partial charge in [0.15, 0.2) is 0 Å². The number of aromatic nitrogens is 2. The molecule has 0 saturated heterocycles. The molecule has 244 valence electrons. The third-order valence-electron chi connectivity index (χ3n) is 8.99. The molecule has 7 rings (SSSR count). The van der Waals surface area contributed by atoms with E-state index in [4.69, 9.17) is 0 Å². The van der Waals surface area contributed by atoms with Gasteiger partial charge in [-0.1, -0.05) is 121 Å². The maximum absolute atomic E-state index is 14.5. The predicted octanol–water partition coefficient (Wildman–Crippen LogP) is 9.09. The lowest BCUT2D eigenvalue weighted by molar-refractivity contribution is 0.593. The number of nitrogens with zero attached hydrogens (tertiary/aromatic N) is 3. The van der Waals surface area contributed by atoms with Gasteiger partial charge in [-0.05, 0) is 58.7 Å². The SMILES string of the molecule is C[C@H](c1ccccc1)N([C@@H](C)c1ccccc1)p1n(S(C)(=O)=O)c2ccc3ccccc3c2c2c3ccccc3ccc2n1S(C)(=O)=O. The lowest BCUT2D eigenvalue weighted by atomic mass is 9.98. The Bertz CT molecular complexity index is 2430. The highest BCUT2D eigenvalue weighted by molar-refractivity contribution is 7.96. The van der Waals surface area contributed by atoms with E-state index < -0.39 is 40.1 Å². The summed E-state index contributed by atoms with van der Waals surface area (Å²) in [6, 6.07) is 42.1. The number of rotatable bonds is 7. The summed E-state index contributed by atoms with van der Waals surface area (Å²) in [5.41, 5.74) is 2.76. The summed E-state index contributed by atoms with van der Waals surface area (Å²) >= 11 is 0. The first-order chi connectivity index (χ1) is 23.0. The van der Waals surface area contributed by atoms with Crippen LogP contribution in [0.4, 0.5) is 0 Å². The van der Waals surface area contributed by atoms with E-state index in [1.807, 2.05) is 147 Å². The van der Waals surface area contributed by atoms with Crippen LogP contribution in [0.15, 0.2) is 133 Å². The molecule has 10 heteroatoms. The van der Waals surface area contributed by atoms with Crippen LogP contribution in [0.2, 0.25) is 0 Å². The molecule has 7 nitrogen and oxygen atoms in total. The summed E-state index contributed by atoms with van der Waals surface area (Å²) in [5.74, 6) is 0. The van der Waals surface area contributed by atoms with E-state index >= 15 is 0 Å². The predicted molar refractivity (Wildman–Crippen MR) is 201 cm³/mol. The molecule has 0 bridgehead atoms. The number of hydrogen-bond donors (Lipinski definition) is 0. The van der Waals surface area contributed by atoms with Gasteiger partial charge in [0.25, 0.3) is 0 Å². The summed E-state index contributed by atoms with van der Waals surface area (Å²) in [6.45, 7) is 4.04. The topological polar surface area (TPSA) is 81.4 Å². The highest BCUT2D eigenvalue weighted by atomic mass is 32.2. The first kappa shape index (κ1) is 32.2. The average Bonchev–Trinajstić information content (AvgIpc) is 3.22. The van der Waals surface area contributed by atoms with Gasteiger partial charge in [0, 0.05) is 22.9 Å². The molecule has 0 aliphatic heterocycles. The average molecular weight is 694 g/mol. The molecular weight excluding hydrogens is 658 g/mol. The number of hydrogen-bond acceptors (Lipinski definition) is 5. The number of benzene rings is 6. The van der Waals surface area contributed by atoms with Gasteiger partial charge in [-0.15, -0.1) is 0 Å². The molecule has 0 N–H and O–H groups in total. The zero-order valence-corrected chi connectivity index (χ0v) is 29.6. The van der Waals surface area contributed by atoms with E-state index in [0.29, 0.717) is 21.8 Å². The molecule has 48 heavy (non-hydrogen) atoms. The third-order valence-corrected chi connectivity index (χ3v) is 15.5. The van der Waals surface area contributed by atoms with Gasteiger partial charge >= 0.3 is 0 Å². The standard InChI is InChI=1S/C38H36N3O4PS2/c1-27(29-15-7-5-8-16-29)39(28(2)30-17-9-6-10-18-30)46-40(47(3,42)43)35-25-23-31-19-11-13-21-33(31)37(35)38-34-22-14-12-20-32(34)24-26-36(38)41(46)48(4,44)45/h5-28H,1-4H3/t27-,28+. The molecule has 7 aromatic rings. The van der Waals surface area contributed by atoms with Crippen LogP contribution in [-0.4, -0.2) is 36.8 Å². The molecule has 0 aliphatic rings. The van der Waals surface area contributed by atoms with Crippen molar-refractivity contribution in [1.29, 1.82) is 0 Å². The zero-order chi connectivity index (χ0) is 33.8. The van der Waals surface area contributed by atoms with E-state index in [2.05, 4.69) is 4.67 Å². The fourth-order valence-corrected chi connectivity index (χ4v) is 13.2. The second kappa shape index (κ2) is 12.2. The van der Waals surface area contributed by atoms with Crippen molar-refractivity contribution < 1.29 is 16.8 Å². The monoisotopic (exact) mass is 693 g/mol. The quantitative estimate of drug-likeness (QED) is 0.166. The molecular formula is C38H36N3O4PS2. The molecule has 1 heterocycles. The van der Waals surface area contributed by atoms with Gasteiger partial charge < -0.3 is 0 Å². The minimum atomic E-state index is -4.11. The van der Waals surface area contributed by atoms with Crippen LogP contribution in [0.3, 0.4) is 0 Å². The lowest BCUT2D eigenvalue weighted by Crippen LogP contribution is -2.33. The van der Waals surface area contributed by atoms with Crippen LogP contribution in [0.1, 0.15) is 37.1 Å². The minimum absolute atomic E-state index is 0.396. The smallest absolute Gasteiger partial charge is 0.218 e. The lowest BCUT2D eigenvalue weighted by Gasteiger charge is -2.37. The fourth-order valence-electron chi connectivity index (χ4n) is 6.85. The van der Waals surface area contributed by atoms with Crippen LogP contribution in [0.5, 0.6) is 0 Å². The molecule has 0 saturated carbocycles. The first-order valence-corrected chi connectivity index (χ1v) is 20.6. The Kier molecular flexibility index (Phi) is 8.20. The van der Waals surface area contributed by atoms with Crippen LogP contribution in [0, 0.1) is 0 Å². The summed E-state index contributed by atoms with van der Waals surface area (Å²) in [7, 11) is -10.6. The normalized spacial score (nSPS) is 13.8. The van der Waals surface area contributed by atoms with E-state index in [-0.39, 0.29) is 0 Å². The van der Waals surface area contributed by atoms with E-state index in [9.17, 15) is 16.8 Å². The summed E-state index contributed by atoms with van der Waals surface area (Å²) in [4.78, 5) is 0. The highest BCUT2D eigenvalue weighted by Gasteiger charge is 2.34. The van der Waals surface area contributed by atoms with Gasteiger partial charge in [0.05, 0.1) is 23.5 Å². The van der Waals surface area contributed by atoms with Crippen LogP contribution < -0.4 is 4.67 Å². The fraction of sp³-hybridized carbons (Fsp3) is 0.158. The Morgan fingerprint density at radius 1 is 0.500 bits per heavy atom. The van der Waals surface area contributed by atoms with Crippen molar-refractivity contribution in [3.8, 4) is 0 Å². The summed E-state index contributed by atoms with van der Waals surface area (Å²) in [5, 5.41) is 4.89. The summed E-state index contributed by atoms with van der Waals surface area (Å²) < 4.78 is 62.7. The van der Waals surface area contributed by atoms with Gasteiger partial charge in [-0.2, -0.15) is 0 Å². The largest absolute Gasteiger partial charge is 0.241 e. The number of fused-ring (bicyclic) bond motifs is 7. The van der Waals surface area contributed by atoms with E-state index in [1.54, 1.807) is 0 Å². The summed E-state index contributed by atoms with van der Waals surface area (Å²) in [6.07, 6.45) is 2.35. The molecule has 0 radical (unpaired) electrons. The Labute approximate surface area is 282 Å². The molecule has 0 spiro atoms. The van der Waals surface area contributed by atoms with Crippen molar-refractivity contribution in [3.63, 3.8) is 0 Å². The van der Waals surface area contributed by atoms with Crippen LogP contribution in [-0.2, 0) is 20.0 Å². The molecule has 2 atom stereocenters. The Hall–Kier alpha value is -4.40. The Morgan fingerprint density at radius 2 is 0.854 bits per heavy atom. The molecule has 0 unspecified atom stereocenters. The molecule has 0 amide bonds. The van der Waals surface area contributed by atoms with E-state index in [0.717, 1.165) is 32.7 Å². The molecule has 6 aromatic carbocycles. The van der Waals surface area contributed by atoms with Crippen LogP contribution >= 0.6 is 8.00 Å². The Balaban J connectivity index is 1.84. The van der Waals surface area contributed by atoms with Gasteiger partial charge in [0.2, 0.25) is 20.0 Å². The first-order valence-electron chi connectivity index (χ1n) is 15.7.